The molecule has 1 aromatic rings. The molecule has 1 saturated carbocycles. The molecule has 0 bridgehead atoms. The third-order valence-corrected chi connectivity index (χ3v) is 4.37. The van der Waals surface area contributed by atoms with Crippen LogP contribution in [0.1, 0.15) is 36.4 Å². The predicted octanol–water partition coefficient (Wildman–Crippen LogP) is 2.01. The van der Waals surface area contributed by atoms with Crippen molar-refractivity contribution in [3.05, 3.63) is 29.3 Å². The van der Waals surface area contributed by atoms with Gasteiger partial charge in [-0.3, -0.25) is 0 Å². The molecule has 1 unspecified atom stereocenters. The van der Waals surface area contributed by atoms with E-state index in [1.807, 2.05) is 7.05 Å². The Bertz CT molecular complexity index is 440. The van der Waals surface area contributed by atoms with Gasteiger partial charge in [-0.1, -0.05) is 12.1 Å². The van der Waals surface area contributed by atoms with Crippen LogP contribution >= 0.6 is 0 Å². The van der Waals surface area contributed by atoms with E-state index in [4.69, 9.17) is 10.5 Å². The second-order valence-electron chi connectivity index (χ2n) is 5.69. The molecule has 3 nitrogen and oxygen atoms in total. The fourth-order valence-corrected chi connectivity index (χ4v) is 3.04. The zero-order chi connectivity index (χ0) is 12.6. The monoisotopic (exact) mass is 246 g/mol. The molecule has 0 aromatic heterocycles. The first-order chi connectivity index (χ1) is 8.75. The van der Waals surface area contributed by atoms with Gasteiger partial charge in [0, 0.05) is 18.0 Å². The highest BCUT2D eigenvalue weighted by molar-refractivity contribution is 5.40. The van der Waals surface area contributed by atoms with Crippen molar-refractivity contribution in [2.75, 3.05) is 20.2 Å². The van der Waals surface area contributed by atoms with Gasteiger partial charge < -0.3 is 15.8 Å². The fourth-order valence-electron chi connectivity index (χ4n) is 3.04. The Kier molecular flexibility index (Phi) is 3.04. The normalized spacial score (nSPS) is 21.9. The van der Waals surface area contributed by atoms with Gasteiger partial charge in [0.2, 0.25) is 0 Å². The number of benzene rings is 1. The van der Waals surface area contributed by atoms with Crippen LogP contribution in [0.5, 0.6) is 5.75 Å². The van der Waals surface area contributed by atoms with E-state index in [0.29, 0.717) is 5.41 Å². The minimum atomic E-state index is 0.150. The van der Waals surface area contributed by atoms with E-state index in [-0.39, 0.29) is 6.04 Å². The van der Waals surface area contributed by atoms with Gasteiger partial charge in [-0.15, -0.1) is 0 Å². The van der Waals surface area contributed by atoms with Crippen molar-refractivity contribution < 1.29 is 4.74 Å². The van der Waals surface area contributed by atoms with Crippen molar-refractivity contribution in [2.45, 2.75) is 31.7 Å². The largest absolute Gasteiger partial charge is 0.493 e. The van der Waals surface area contributed by atoms with Gasteiger partial charge in [0.25, 0.3) is 0 Å². The van der Waals surface area contributed by atoms with Crippen LogP contribution in [0.4, 0.5) is 0 Å². The van der Waals surface area contributed by atoms with Crippen molar-refractivity contribution in [2.24, 2.45) is 11.1 Å². The number of aryl methyl sites for hydroxylation is 1. The maximum Gasteiger partial charge on any atom is 0.122 e. The van der Waals surface area contributed by atoms with Gasteiger partial charge in [0.05, 0.1) is 6.61 Å². The Hall–Kier alpha value is -1.06. The molecule has 18 heavy (non-hydrogen) atoms. The third-order valence-electron chi connectivity index (χ3n) is 4.37. The van der Waals surface area contributed by atoms with E-state index in [1.165, 1.54) is 24.0 Å². The lowest BCUT2D eigenvalue weighted by atomic mass is 9.89. The Morgan fingerprint density at radius 2 is 2.28 bits per heavy atom. The standard InChI is InChI=1S/C15H22N2O/c1-17-10-15(6-7-15)14(16)12-4-5-13-11(9-12)3-2-8-18-13/h4-5,9,14,17H,2-3,6-8,10,16H2,1H3. The number of fused-ring (bicyclic) bond motifs is 1. The fraction of sp³-hybridized carbons (Fsp3) is 0.600. The van der Waals surface area contributed by atoms with E-state index < -0.39 is 0 Å². The topological polar surface area (TPSA) is 47.3 Å². The minimum Gasteiger partial charge on any atom is -0.493 e. The summed E-state index contributed by atoms with van der Waals surface area (Å²) in [5.74, 6) is 1.05. The Morgan fingerprint density at radius 3 is 3.00 bits per heavy atom. The SMILES string of the molecule is CNCC1(C(N)c2ccc3c(c2)CCCO3)CC1. The van der Waals surface area contributed by atoms with Crippen LogP contribution in [0.2, 0.25) is 0 Å². The summed E-state index contributed by atoms with van der Waals surface area (Å²) in [5, 5.41) is 3.28. The van der Waals surface area contributed by atoms with Gasteiger partial charge >= 0.3 is 0 Å². The van der Waals surface area contributed by atoms with Crippen molar-refractivity contribution in [1.29, 1.82) is 0 Å². The number of ether oxygens (including phenoxy) is 1. The van der Waals surface area contributed by atoms with Crippen LogP contribution < -0.4 is 15.8 Å². The molecule has 0 spiro atoms. The van der Waals surface area contributed by atoms with E-state index in [1.54, 1.807) is 0 Å². The first-order valence-corrected chi connectivity index (χ1v) is 6.91. The molecule has 3 heteroatoms. The van der Waals surface area contributed by atoms with Crippen molar-refractivity contribution >= 4 is 0 Å². The molecular weight excluding hydrogens is 224 g/mol. The van der Waals surface area contributed by atoms with Gasteiger partial charge in [-0.25, -0.2) is 0 Å². The van der Waals surface area contributed by atoms with Crippen LogP contribution in [0.25, 0.3) is 0 Å². The smallest absolute Gasteiger partial charge is 0.122 e. The molecule has 1 aliphatic heterocycles. The number of hydrogen-bond acceptors (Lipinski definition) is 3. The lowest BCUT2D eigenvalue weighted by Crippen LogP contribution is -2.31. The molecule has 1 fully saturated rings. The van der Waals surface area contributed by atoms with Gasteiger partial charge in [-0.2, -0.15) is 0 Å². The van der Waals surface area contributed by atoms with Crippen LogP contribution in [0.3, 0.4) is 0 Å². The molecule has 0 radical (unpaired) electrons. The van der Waals surface area contributed by atoms with E-state index in [9.17, 15) is 0 Å². The van der Waals surface area contributed by atoms with Crippen LogP contribution in [-0.2, 0) is 6.42 Å². The summed E-state index contributed by atoms with van der Waals surface area (Å²) in [6.45, 7) is 1.86. The number of hydrogen-bond donors (Lipinski definition) is 2. The van der Waals surface area contributed by atoms with E-state index in [0.717, 1.165) is 31.7 Å². The second-order valence-corrected chi connectivity index (χ2v) is 5.69. The van der Waals surface area contributed by atoms with Crippen LogP contribution in [0, 0.1) is 5.41 Å². The lowest BCUT2D eigenvalue weighted by Gasteiger charge is -2.25. The highest BCUT2D eigenvalue weighted by Crippen LogP contribution is 2.53. The molecule has 1 heterocycles. The summed E-state index contributed by atoms with van der Waals surface area (Å²) in [6.07, 6.45) is 4.72. The lowest BCUT2D eigenvalue weighted by molar-refractivity contribution is 0.287. The summed E-state index contributed by atoms with van der Waals surface area (Å²) in [6, 6.07) is 6.65. The third kappa shape index (κ3) is 2.02. The summed E-state index contributed by atoms with van der Waals surface area (Å²) in [7, 11) is 2.01. The molecule has 0 amide bonds. The molecule has 3 N–H and O–H groups in total. The van der Waals surface area contributed by atoms with Crippen molar-refractivity contribution in [3.63, 3.8) is 0 Å². The van der Waals surface area contributed by atoms with Crippen LogP contribution in [-0.4, -0.2) is 20.2 Å². The molecule has 1 atom stereocenters. The zero-order valence-corrected chi connectivity index (χ0v) is 11.0. The number of nitrogens with one attached hydrogen (secondary N) is 1. The maximum atomic E-state index is 6.47. The van der Waals surface area contributed by atoms with Crippen molar-refractivity contribution in [3.8, 4) is 5.75 Å². The minimum absolute atomic E-state index is 0.150. The van der Waals surface area contributed by atoms with Gasteiger partial charge in [-0.05, 0) is 49.9 Å². The summed E-state index contributed by atoms with van der Waals surface area (Å²) in [4.78, 5) is 0. The molecule has 98 valence electrons. The van der Waals surface area contributed by atoms with Crippen LogP contribution in [0.15, 0.2) is 18.2 Å². The average molecular weight is 246 g/mol. The van der Waals surface area contributed by atoms with E-state index in [2.05, 4.69) is 23.5 Å². The Morgan fingerprint density at radius 1 is 1.44 bits per heavy atom. The summed E-state index contributed by atoms with van der Waals surface area (Å²) < 4.78 is 5.65. The summed E-state index contributed by atoms with van der Waals surface area (Å²) >= 11 is 0. The molecular formula is C15H22N2O. The molecule has 2 aliphatic rings. The average Bonchev–Trinajstić information content (AvgIpc) is 3.19. The maximum absolute atomic E-state index is 6.47. The highest BCUT2D eigenvalue weighted by atomic mass is 16.5. The van der Waals surface area contributed by atoms with Gasteiger partial charge in [0.1, 0.15) is 5.75 Å². The predicted molar refractivity (Wildman–Crippen MR) is 72.8 cm³/mol. The highest BCUT2D eigenvalue weighted by Gasteiger charge is 2.47. The zero-order valence-electron chi connectivity index (χ0n) is 11.0. The molecule has 3 rings (SSSR count). The quantitative estimate of drug-likeness (QED) is 0.854. The first-order valence-electron chi connectivity index (χ1n) is 6.91. The summed E-state index contributed by atoms with van der Waals surface area (Å²) in [5.41, 5.74) is 9.36. The number of rotatable bonds is 4. The van der Waals surface area contributed by atoms with Crippen molar-refractivity contribution in [1.82, 2.24) is 5.32 Å². The molecule has 1 aromatic carbocycles. The first kappa shape index (κ1) is 12.0. The second kappa shape index (κ2) is 4.56. The molecule has 1 aliphatic carbocycles. The Balaban J connectivity index is 1.84. The van der Waals surface area contributed by atoms with Gasteiger partial charge in [0.15, 0.2) is 0 Å². The number of nitrogens with two attached hydrogens (primary N) is 1. The molecule has 0 saturated heterocycles. The van der Waals surface area contributed by atoms with E-state index >= 15 is 0 Å². The Labute approximate surface area is 109 Å².